The van der Waals surface area contributed by atoms with Gasteiger partial charge in [0.2, 0.25) is 0 Å². The highest BCUT2D eigenvalue weighted by Gasteiger charge is 2.15. The smallest absolute Gasteiger partial charge is 0.337 e. The number of carboxylic acid groups (broad SMARTS) is 1. The Labute approximate surface area is 114 Å². The fourth-order valence-electron chi connectivity index (χ4n) is 1.91. The van der Waals surface area contributed by atoms with Crippen molar-refractivity contribution in [3.8, 4) is 17.2 Å². The number of hydrogen-bond donors (Lipinski definition) is 1. The van der Waals surface area contributed by atoms with E-state index in [4.69, 9.17) is 5.26 Å². The third-order valence-corrected chi connectivity index (χ3v) is 2.89. The second-order valence-electron chi connectivity index (χ2n) is 4.35. The van der Waals surface area contributed by atoms with Crippen molar-refractivity contribution in [3.63, 3.8) is 0 Å². The lowest BCUT2D eigenvalue weighted by atomic mass is 10.0. The van der Waals surface area contributed by atoms with Crippen LogP contribution in [0.2, 0.25) is 0 Å². The lowest BCUT2D eigenvalue weighted by Crippen LogP contribution is -2.19. The first-order valence-electron chi connectivity index (χ1n) is 5.75. The molecule has 6 nitrogen and oxygen atoms in total. The van der Waals surface area contributed by atoms with Crippen LogP contribution in [-0.2, 0) is 7.05 Å². The highest BCUT2D eigenvalue weighted by atomic mass is 16.4. The Morgan fingerprint density at radius 3 is 2.75 bits per heavy atom. The Morgan fingerprint density at radius 1 is 1.45 bits per heavy atom. The van der Waals surface area contributed by atoms with Gasteiger partial charge in [-0.05, 0) is 19.1 Å². The molecule has 2 aromatic heterocycles. The van der Waals surface area contributed by atoms with E-state index in [1.807, 2.05) is 6.07 Å². The summed E-state index contributed by atoms with van der Waals surface area (Å²) < 4.78 is 1.26. The molecule has 0 spiro atoms. The monoisotopic (exact) mass is 269 g/mol. The maximum absolute atomic E-state index is 11.7. The van der Waals surface area contributed by atoms with Crippen molar-refractivity contribution in [2.75, 3.05) is 0 Å². The van der Waals surface area contributed by atoms with Crippen LogP contribution in [0.5, 0.6) is 0 Å². The molecule has 0 aromatic carbocycles. The van der Waals surface area contributed by atoms with E-state index in [0.717, 1.165) is 0 Å². The summed E-state index contributed by atoms with van der Waals surface area (Å²) >= 11 is 0. The summed E-state index contributed by atoms with van der Waals surface area (Å²) in [5, 5.41) is 18.2. The van der Waals surface area contributed by atoms with Crippen LogP contribution in [-0.4, -0.2) is 20.6 Å². The Balaban J connectivity index is 2.78. The fourth-order valence-corrected chi connectivity index (χ4v) is 1.91. The number of aryl methyl sites for hydroxylation is 2. The third kappa shape index (κ3) is 2.29. The van der Waals surface area contributed by atoms with Crippen molar-refractivity contribution in [1.29, 1.82) is 5.26 Å². The molecule has 0 aliphatic heterocycles. The molecule has 0 saturated heterocycles. The highest BCUT2D eigenvalue weighted by molar-refractivity contribution is 5.95. The number of carboxylic acids is 1. The predicted molar refractivity (Wildman–Crippen MR) is 71.3 cm³/mol. The van der Waals surface area contributed by atoms with Gasteiger partial charge >= 0.3 is 5.97 Å². The molecule has 0 saturated carbocycles. The minimum atomic E-state index is -1.11. The molecule has 0 fully saturated rings. The zero-order valence-electron chi connectivity index (χ0n) is 10.9. The number of carbonyl (C=O) groups is 1. The molecule has 0 aliphatic rings. The van der Waals surface area contributed by atoms with Gasteiger partial charge in [0.25, 0.3) is 5.56 Å². The van der Waals surface area contributed by atoms with Gasteiger partial charge in [0.15, 0.2) is 0 Å². The van der Waals surface area contributed by atoms with E-state index in [9.17, 15) is 14.7 Å². The molecule has 0 aliphatic carbocycles. The minimum absolute atomic E-state index is 0.0261. The molecule has 100 valence electrons. The number of rotatable bonds is 2. The molecule has 2 aromatic rings. The van der Waals surface area contributed by atoms with Crippen LogP contribution in [0.15, 0.2) is 29.3 Å². The van der Waals surface area contributed by atoms with E-state index in [1.54, 1.807) is 13.0 Å². The molecule has 0 amide bonds. The Morgan fingerprint density at radius 2 is 2.15 bits per heavy atom. The van der Waals surface area contributed by atoms with E-state index in [2.05, 4.69) is 4.98 Å². The Hall–Kier alpha value is -2.94. The average molecular weight is 269 g/mol. The van der Waals surface area contributed by atoms with Crippen molar-refractivity contribution in [2.45, 2.75) is 6.92 Å². The number of nitriles is 1. The largest absolute Gasteiger partial charge is 0.478 e. The summed E-state index contributed by atoms with van der Waals surface area (Å²) in [5.41, 5.74) is 1.15. The van der Waals surface area contributed by atoms with Gasteiger partial charge in [0, 0.05) is 36.3 Å². The van der Waals surface area contributed by atoms with E-state index in [1.165, 1.54) is 30.1 Å². The summed E-state index contributed by atoms with van der Waals surface area (Å²) in [4.78, 5) is 26.9. The molecule has 1 N–H and O–H groups in total. The van der Waals surface area contributed by atoms with Crippen molar-refractivity contribution >= 4 is 5.97 Å². The first-order valence-corrected chi connectivity index (χ1v) is 5.75. The van der Waals surface area contributed by atoms with Gasteiger partial charge in [-0.25, -0.2) is 4.79 Å². The lowest BCUT2D eigenvalue weighted by Gasteiger charge is -2.09. The normalized spacial score (nSPS) is 10.1. The van der Waals surface area contributed by atoms with Crippen molar-refractivity contribution in [2.24, 2.45) is 7.05 Å². The fraction of sp³-hybridized carbons (Fsp3) is 0.143. The number of pyridine rings is 2. The third-order valence-electron chi connectivity index (χ3n) is 2.89. The van der Waals surface area contributed by atoms with Gasteiger partial charge in [0.1, 0.15) is 11.6 Å². The number of aromatic nitrogens is 2. The predicted octanol–water partition coefficient (Wildman–Crippen LogP) is 1.33. The van der Waals surface area contributed by atoms with E-state index >= 15 is 0 Å². The zero-order chi connectivity index (χ0) is 14.9. The summed E-state index contributed by atoms with van der Waals surface area (Å²) in [6, 6.07) is 4.82. The molecule has 2 rings (SSSR count). The molecule has 6 heteroatoms. The van der Waals surface area contributed by atoms with Crippen LogP contribution in [0.3, 0.4) is 0 Å². The SMILES string of the molecule is Cc1cc(-c2cc(C#N)c(=O)n(C)c2)c(C(=O)O)cn1. The lowest BCUT2D eigenvalue weighted by molar-refractivity contribution is 0.0697. The van der Waals surface area contributed by atoms with Crippen molar-refractivity contribution < 1.29 is 9.90 Å². The Bertz CT molecular complexity index is 800. The number of hydrogen-bond acceptors (Lipinski definition) is 4. The van der Waals surface area contributed by atoms with Gasteiger partial charge in [-0.3, -0.25) is 9.78 Å². The van der Waals surface area contributed by atoms with Crippen molar-refractivity contribution in [1.82, 2.24) is 9.55 Å². The van der Waals surface area contributed by atoms with Gasteiger partial charge in [-0.2, -0.15) is 5.26 Å². The molecular weight excluding hydrogens is 258 g/mol. The first kappa shape index (κ1) is 13.5. The summed E-state index contributed by atoms with van der Waals surface area (Å²) in [6.45, 7) is 1.74. The number of nitrogens with zero attached hydrogens (tertiary/aromatic N) is 3. The summed E-state index contributed by atoms with van der Waals surface area (Å²) in [6.07, 6.45) is 2.77. The van der Waals surface area contributed by atoms with Gasteiger partial charge in [-0.15, -0.1) is 0 Å². The standard InChI is InChI=1S/C14H11N3O3/c1-8-3-11(12(6-16-8)14(19)20)10-4-9(5-15)13(18)17(2)7-10/h3-4,6-7H,1-2H3,(H,19,20). The second kappa shape index (κ2) is 4.97. The van der Waals surface area contributed by atoms with Crippen LogP contribution in [0, 0.1) is 18.3 Å². The molecule has 0 unspecified atom stereocenters. The zero-order valence-corrected chi connectivity index (χ0v) is 10.9. The van der Waals surface area contributed by atoms with Gasteiger partial charge < -0.3 is 9.67 Å². The second-order valence-corrected chi connectivity index (χ2v) is 4.35. The number of aromatic carboxylic acids is 1. The summed E-state index contributed by atoms with van der Waals surface area (Å²) in [7, 11) is 1.52. The molecule has 20 heavy (non-hydrogen) atoms. The topological polar surface area (TPSA) is 96.0 Å². The Kier molecular flexibility index (Phi) is 3.36. The van der Waals surface area contributed by atoms with E-state index in [-0.39, 0.29) is 11.1 Å². The maximum Gasteiger partial charge on any atom is 0.337 e. The summed E-state index contributed by atoms with van der Waals surface area (Å²) in [5.74, 6) is -1.11. The van der Waals surface area contributed by atoms with Crippen molar-refractivity contribution in [3.05, 3.63) is 51.7 Å². The molecule has 0 radical (unpaired) electrons. The van der Waals surface area contributed by atoms with Crippen LogP contribution in [0.1, 0.15) is 21.6 Å². The highest BCUT2D eigenvalue weighted by Crippen LogP contribution is 2.24. The van der Waals surface area contributed by atoms with E-state index < -0.39 is 11.5 Å². The molecular formula is C14H11N3O3. The molecule has 0 atom stereocenters. The van der Waals surface area contributed by atoms with Crippen LogP contribution >= 0.6 is 0 Å². The molecule has 2 heterocycles. The quantitative estimate of drug-likeness (QED) is 0.887. The van der Waals surface area contributed by atoms with Gasteiger partial charge in [-0.1, -0.05) is 0 Å². The average Bonchev–Trinajstić information content (AvgIpc) is 2.41. The van der Waals surface area contributed by atoms with E-state index in [0.29, 0.717) is 16.8 Å². The van der Waals surface area contributed by atoms with Crippen LogP contribution in [0.4, 0.5) is 0 Å². The van der Waals surface area contributed by atoms with Gasteiger partial charge in [0.05, 0.1) is 5.56 Å². The first-order chi connectivity index (χ1) is 9.43. The molecule has 0 bridgehead atoms. The van der Waals surface area contributed by atoms with Crippen LogP contribution < -0.4 is 5.56 Å². The maximum atomic E-state index is 11.7. The minimum Gasteiger partial charge on any atom is -0.478 e. The van der Waals surface area contributed by atoms with Crippen LogP contribution in [0.25, 0.3) is 11.1 Å².